The Morgan fingerprint density at radius 2 is 1.96 bits per heavy atom. The summed E-state index contributed by atoms with van der Waals surface area (Å²) in [5.41, 5.74) is 1.07. The number of benzene rings is 2. The average molecular weight is 418 g/mol. The minimum Gasteiger partial charge on any atom is -0.323 e. The second-order valence-corrected chi connectivity index (χ2v) is 7.75. The van der Waals surface area contributed by atoms with E-state index in [-0.39, 0.29) is 0 Å². The zero-order chi connectivity index (χ0) is 19.9. The Morgan fingerprint density at radius 1 is 1.18 bits per heavy atom. The molecule has 2 aliphatic rings. The summed E-state index contributed by atoms with van der Waals surface area (Å²) in [6, 6.07) is 11.7. The lowest BCUT2D eigenvalue weighted by molar-refractivity contribution is -0.134. The van der Waals surface area contributed by atoms with Crippen LogP contribution in [0.15, 0.2) is 42.5 Å². The topological polar surface area (TPSA) is 78.5 Å². The Hall–Kier alpha value is -2.57. The van der Waals surface area contributed by atoms with E-state index in [0.29, 0.717) is 22.2 Å². The van der Waals surface area contributed by atoms with Crippen LogP contribution in [-0.4, -0.2) is 29.3 Å². The van der Waals surface area contributed by atoms with E-state index >= 15 is 0 Å². The number of fused-ring (bicyclic) bond motifs is 2. The summed E-state index contributed by atoms with van der Waals surface area (Å²) in [6.45, 7) is -0.405. The Morgan fingerprint density at radius 3 is 2.79 bits per heavy atom. The van der Waals surface area contributed by atoms with E-state index in [1.165, 1.54) is 6.07 Å². The lowest BCUT2D eigenvalue weighted by Crippen LogP contribution is -2.47. The molecule has 2 aromatic rings. The number of halogens is 2. The summed E-state index contributed by atoms with van der Waals surface area (Å²) in [6.07, 6.45) is 2.14. The van der Waals surface area contributed by atoms with Gasteiger partial charge < -0.3 is 10.6 Å². The fourth-order valence-corrected chi connectivity index (χ4v) is 4.22. The van der Waals surface area contributed by atoms with Gasteiger partial charge in [0.1, 0.15) is 12.1 Å². The quantitative estimate of drug-likeness (QED) is 0.746. The molecular formula is C20H17Cl2N3O3. The zero-order valence-corrected chi connectivity index (χ0v) is 16.3. The maximum Gasteiger partial charge on any atom is 0.325 e. The van der Waals surface area contributed by atoms with E-state index in [4.69, 9.17) is 23.2 Å². The number of carbonyl (C=O) groups excluding carboxylic acids is 3. The van der Waals surface area contributed by atoms with Gasteiger partial charge in [-0.2, -0.15) is 0 Å². The second kappa shape index (κ2) is 7.11. The summed E-state index contributed by atoms with van der Waals surface area (Å²) in [4.78, 5) is 39.1. The number of rotatable bonds is 3. The van der Waals surface area contributed by atoms with Crippen LogP contribution in [0.1, 0.15) is 24.0 Å². The van der Waals surface area contributed by atoms with Gasteiger partial charge >= 0.3 is 6.03 Å². The highest BCUT2D eigenvalue weighted by molar-refractivity contribution is 6.35. The predicted molar refractivity (Wildman–Crippen MR) is 106 cm³/mol. The van der Waals surface area contributed by atoms with Crippen LogP contribution in [0.4, 0.5) is 10.5 Å². The van der Waals surface area contributed by atoms with E-state index in [1.54, 1.807) is 12.1 Å². The minimum atomic E-state index is -1.10. The first-order valence-electron chi connectivity index (χ1n) is 8.88. The van der Waals surface area contributed by atoms with Gasteiger partial charge in [-0.15, -0.1) is 0 Å². The Labute approximate surface area is 171 Å². The van der Waals surface area contributed by atoms with E-state index in [9.17, 15) is 14.4 Å². The van der Waals surface area contributed by atoms with Crippen LogP contribution < -0.4 is 10.6 Å². The molecule has 0 unspecified atom stereocenters. The first kappa shape index (κ1) is 18.8. The molecule has 1 fully saturated rings. The fourth-order valence-electron chi connectivity index (χ4n) is 3.88. The summed E-state index contributed by atoms with van der Waals surface area (Å²) in [7, 11) is 0. The molecule has 4 rings (SSSR count). The summed E-state index contributed by atoms with van der Waals surface area (Å²) in [5, 5.41) is 6.15. The van der Waals surface area contributed by atoms with Gasteiger partial charge in [-0.25, -0.2) is 4.79 Å². The summed E-state index contributed by atoms with van der Waals surface area (Å²) >= 11 is 12.0. The molecule has 2 aromatic carbocycles. The molecule has 1 saturated heterocycles. The number of imide groups is 1. The monoisotopic (exact) mass is 417 g/mol. The number of amides is 4. The Kier molecular flexibility index (Phi) is 4.77. The highest BCUT2D eigenvalue weighted by atomic mass is 35.5. The minimum absolute atomic E-state index is 0.313. The van der Waals surface area contributed by atoms with E-state index < -0.39 is 29.9 Å². The lowest BCUT2D eigenvalue weighted by atomic mass is 9.76. The molecule has 0 saturated carbocycles. The van der Waals surface area contributed by atoms with Crippen LogP contribution in [0, 0.1) is 0 Å². The van der Waals surface area contributed by atoms with Crippen LogP contribution in [-0.2, 0) is 21.5 Å². The molecule has 1 aliphatic carbocycles. The number of nitrogens with zero attached hydrogens (tertiary/aromatic N) is 1. The van der Waals surface area contributed by atoms with Crippen molar-refractivity contribution < 1.29 is 14.4 Å². The molecule has 1 heterocycles. The van der Waals surface area contributed by atoms with Gasteiger partial charge in [0.05, 0.1) is 10.7 Å². The number of aryl methyl sites for hydroxylation is 1. The van der Waals surface area contributed by atoms with Gasteiger partial charge in [-0.1, -0.05) is 47.5 Å². The van der Waals surface area contributed by atoms with Gasteiger partial charge in [0.2, 0.25) is 5.91 Å². The van der Waals surface area contributed by atoms with Crippen molar-refractivity contribution in [2.75, 3.05) is 11.9 Å². The molecule has 1 spiro atoms. The number of anilines is 1. The molecule has 28 heavy (non-hydrogen) atoms. The number of hydrogen-bond acceptors (Lipinski definition) is 3. The third-order valence-electron chi connectivity index (χ3n) is 5.15. The maximum absolute atomic E-state index is 13.2. The van der Waals surface area contributed by atoms with Crippen molar-refractivity contribution in [2.24, 2.45) is 0 Å². The van der Waals surface area contributed by atoms with Crippen LogP contribution in [0.2, 0.25) is 10.0 Å². The molecule has 2 N–H and O–H groups in total. The molecule has 6 nitrogen and oxygen atoms in total. The molecule has 8 heteroatoms. The summed E-state index contributed by atoms with van der Waals surface area (Å²) < 4.78 is 0. The van der Waals surface area contributed by atoms with Gasteiger partial charge in [0.25, 0.3) is 5.91 Å². The molecular weight excluding hydrogens is 401 g/mol. The molecule has 0 aromatic heterocycles. The van der Waals surface area contributed by atoms with Crippen LogP contribution in [0.3, 0.4) is 0 Å². The molecule has 144 valence electrons. The van der Waals surface area contributed by atoms with Crippen LogP contribution >= 0.6 is 23.2 Å². The number of hydrogen-bond donors (Lipinski definition) is 2. The lowest BCUT2D eigenvalue weighted by Gasteiger charge is -2.33. The average Bonchev–Trinajstić information content (AvgIpc) is 2.90. The first-order valence-corrected chi connectivity index (χ1v) is 9.64. The molecule has 0 bridgehead atoms. The van der Waals surface area contributed by atoms with Crippen molar-refractivity contribution in [1.82, 2.24) is 10.2 Å². The Balaban J connectivity index is 1.56. The normalized spacial score (nSPS) is 20.9. The van der Waals surface area contributed by atoms with Crippen LogP contribution in [0.5, 0.6) is 0 Å². The van der Waals surface area contributed by atoms with Gasteiger partial charge in [-0.3, -0.25) is 14.5 Å². The van der Waals surface area contributed by atoms with Crippen molar-refractivity contribution in [3.05, 3.63) is 63.6 Å². The first-order chi connectivity index (χ1) is 13.4. The van der Waals surface area contributed by atoms with Gasteiger partial charge in [0.15, 0.2) is 0 Å². The highest BCUT2D eigenvalue weighted by Crippen LogP contribution is 2.39. The Bertz CT molecular complexity index is 994. The molecule has 1 atom stereocenters. The zero-order valence-electron chi connectivity index (χ0n) is 14.8. The van der Waals surface area contributed by atoms with Gasteiger partial charge in [-0.05, 0) is 48.6 Å². The largest absolute Gasteiger partial charge is 0.325 e. The summed E-state index contributed by atoms with van der Waals surface area (Å²) in [5.74, 6) is -0.939. The van der Waals surface area contributed by atoms with Crippen molar-refractivity contribution in [3.8, 4) is 0 Å². The van der Waals surface area contributed by atoms with Crippen molar-refractivity contribution in [2.45, 2.75) is 24.8 Å². The van der Waals surface area contributed by atoms with E-state index in [2.05, 4.69) is 10.6 Å². The smallest absolute Gasteiger partial charge is 0.323 e. The number of nitrogens with one attached hydrogen (secondary N) is 2. The SMILES string of the molecule is O=C(CN1C(=O)N[C@]2(CCCc3ccccc32)C1=O)Nc1cc(Cl)ccc1Cl. The highest BCUT2D eigenvalue weighted by Gasteiger charge is 2.54. The number of urea groups is 1. The maximum atomic E-state index is 13.2. The third kappa shape index (κ3) is 3.12. The van der Waals surface area contributed by atoms with Crippen molar-refractivity contribution in [1.29, 1.82) is 0 Å². The molecule has 4 amide bonds. The second-order valence-electron chi connectivity index (χ2n) is 6.91. The third-order valence-corrected chi connectivity index (χ3v) is 5.72. The number of carbonyl (C=O) groups is 3. The standard InChI is InChI=1S/C20H17Cl2N3O3/c21-13-7-8-15(22)16(10-13)23-17(26)11-25-18(27)20(24-19(25)28)9-3-5-12-4-1-2-6-14(12)20/h1-2,4,6-8,10H,3,5,9,11H2,(H,23,26)(H,24,28)/t20-/m0/s1. The van der Waals surface area contributed by atoms with E-state index in [1.807, 2.05) is 24.3 Å². The van der Waals surface area contributed by atoms with E-state index in [0.717, 1.165) is 28.9 Å². The predicted octanol–water partition coefficient (Wildman–Crippen LogP) is 3.72. The molecule has 1 aliphatic heterocycles. The molecule has 0 radical (unpaired) electrons. The van der Waals surface area contributed by atoms with Crippen LogP contribution in [0.25, 0.3) is 0 Å². The van der Waals surface area contributed by atoms with Gasteiger partial charge in [0, 0.05) is 5.02 Å². The fraction of sp³-hybridized carbons (Fsp3) is 0.250. The van der Waals surface area contributed by atoms with Crippen molar-refractivity contribution >= 4 is 46.7 Å². The van der Waals surface area contributed by atoms with Crippen molar-refractivity contribution in [3.63, 3.8) is 0 Å².